The van der Waals surface area contributed by atoms with Gasteiger partial charge in [0.25, 0.3) is 0 Å². The summed E-state index contributed by atoms with van der Waals surface area (Å²) in [6, 6.07) is 43.8. The zero-order valence-corrected chi connectivity index (χ0v) is 20.5. The van der Waals surface area contributed by atoms with Crippen LogP contribution in [0.5, 0.6) is 0 Å². The standard InChI is InChI=1S/C33H28N2O/c1-25-8-14-29(15-9-25)34(28-6-4-3-5-7-28)32-20-22-33(23-21-32)35(30-16-10-26(2)11-17-30)31-18-12-27(24-36)13-19-31/h3-24H,1-2H3. The lowest BCUT2D eigenvalue weighted by molar-refractivity contribution is 0.112. The maximum Gasteiger partial charge on any atom is 0.150 e. The van der Waals surface area contributed by atoms with Gasteiger partial charge in [-0.15, -0.1) is 0 Å². The van der Waals surface area contributed by atoms with E-state index in [2.05, 4.69) is 121 Å². The molecule has 0 bridgehead atoms. The molecular formula is C33H28N2O. The molecule has 0 N–H and O–H groups in total. The van der Waals surface area contributed by atoms with Crippen LogP contribution in [0.4, 0.5) is 34.1 Å². The lowest BCUT2D eigenvalue weighted by Gasteiger charge is -2.28. The fourth-order valence-corrected chi connectivity index (χ4v) is 4.31. The molecule has 0 saturated heterocycles. The summed E-state index contributed by atoms with van der Waals surface area (Å²) < 4.78 is 0. The van der Waals surface area contributed by atoms with Crippen molar-refractivity contribution >= 4 is 40.4 Å². The predicted octanol–water partition coefficient (Wildman–Crippen LogP) is 9.06. The first kappa shape index (κ1) is 23.1. The summed E-state index contributed by atoms with van der Waals surface area (Å²) in [5.74, 6) is 0. The first-order valence-electron chi connectivity index (χ1n) is 12.1. The van der Waals surface area contributed by atoms with E-state index in [1.54, 1.807) is 0 Å². The van der Waals surface area contributed by atoms with Crippen LogP contribution in [0.1, 0.15) is 21.5 Å². The largest absolute Gasteiger partial charge is 0.311 e. The van der Waals surface area contributed by atoms with Gasteiger partial charge in [0.05, 0.1) is 0 Å². The van der Waals surface area contributed by atoms with Gasteiger partial charge in [0.1, 0.15) is 6.29 Å². The molecule has 0 spiro atoms. The summed E-state index contributed by atoms with van der Waals surface area (Å²) in [5.41, 5.74) is 9.50. The van der Waals surface area contributed by atoms with Crippen molar-refractivity contribution in [3.05, 3.63) is 144 Å². The van der Waals surface area contributed by atoms with Crippen molar-refractivity contribution in [1.29, 1.82) is 0 Å². The van der Waals surface area contributed by atoms with Crippen molar-refractivity contribution in [3.63, 3.8) is 0 Å². The molecule has 0 unspecified atom stereocenters. The van der Waals surface area contributed by atoms with Crippen LogP contribution in [0.15, 0.2) is 127 Å². The Morgan fingerprint density at radius 2 is 0.722 bits per heavy atom. The van der Waals surface area contributed by atoms with Crippen molar-refractivity contribution in [2.75, 3.05) is 9.80 Å². The van der Waals surface area contributed by atoms with Crippen molar-refractivity contribution in [2.45, 2.75) is 13.8 Å². The number of benzene rings is 5. The van der Waals surface area contributed by atoms with Crippen LogP contribution in [0.2, 0.25) is 0 Å². The Kier molecular flexibility index (Phi) is 6.63. The fourth-order valence-electron chi connectivity index (χ4n) is 4.31. The average Bonchev–Trinajstić information content (AvgIpc) is 2.93. The van der Waals surface area contributed by atoms with E-state index in [0.29, 0.717) is 5.56 Å². The second kappa shape index (κ2) is 10.3. The molecule has 3 heteroatoms. The third-order valence-corrected chi connectivity index (χ3v) is 6.25. The van der Waals surface area contributed by atoms with Crippen LogP contribution >= 0.6 is 0 Å². The van der Waals surface area contributed by atoms with Crippen LogP contribution in [0.3, 0.4) is 0 Å². The van der Waals surface area contributed by atoms with Crippen LogP contribution in [0, 0.1) is 13.8 Å². The molecule has 0 aliphatic heterocycles. The van der Waals surface area contributed by atoms with Crippen LogP contribution in [-0.4, -0.2) is 6.29 Å². The Bertz CT molecular complexity index is 1420. The lowest BCUT2D eigenvalue weighted by Crippen LogP contribution is -2.12. The van der Waals surface area contributed by atoms with Gasteiger partial charge in [0.15, 0.2) is 0 Å². The van der Waals surface area contributed by atoms with E-state index in [-0.39, 0.29) is 0 Å². The van der Waals surface area contributed by atoms with Gasteiger partial charge in [-0.1, -0.05) is 53.6 Å². The molecule has 5 aromatic rings. The van der Waals surface area contributed by atoms with Crippen molar-refractivity contribution in [1.82, 2.24) is 0 Å². The molecule has 3 nitrogen and oxygen atoms in total. The van der Waals surface area contributed by atoms with Gasteiger partial charge in [0.2, 0.25) is 0 Å². The van der Waals surface area contributed by atoms with Crippen LogP contribution in [0.25, 0.3) is 0 Å². The maximum atomic E-state index is 11.2. The fraction of sp³-hybridized carbons (Fsp3) is 0.0606. The number of aryl methyl sites for hydroxylation is 2. The molecule has 5 aromatic carbocycles. The zero-order chi connectivity index (χ0) is 24.9. The molecule has 0 heterocycles. The summed E-state index contributed by atoms with van der Waals surface area (Å²) in [6.45, 7) is 4.19. The number of carbonyl (C=O) groups is 1. The Labute approximate surface area is 212 Å². The molecule has 5 rings (SSSR count). The number of aldehydes is 1. The second-order valence-corrected chi connectivity index (χ2v) is 8.90. The van der Waals surface area contributed by atoms with E-state index in [0.717, 1.165) is 40.4 Å². The molecule has 36 heavy (non-hydrogen) atoms. The van der Waals surface area contributed by atoms with Crippen molar-refractivity contribution < 1.29 is 4.79 Å². The minimum Gasteiger partial charge on any atom is -0.311 e. The summed E-state index contributed by atoms with van der Waals surface area (Å²) in [7, 11) is 0. The van der Waals surface area contributed by atoms with E-state index < -0.39 is 0 Å². The lowest BCUT2D eigenvalue weighted by atomic mass is 10.1. The van der Waals surface area contributed by atoms with Gasteiger partial charge in [-0.25, -0.2) is 0 Å². The molecule has 0 radical (unpaired) electrons. The first-order chi connectivity index (χ1) is 17.6. The van der Waals surface area contributed by atoms with Gasteiger partial charge in [-0.3, -0.25) is 4.79 Å². The van der Waals surface area contributed by atoms with Gasteiger partial charge in [-0.05, 0) is 98.8 Å². The molecule has 0 saturated carbocycles. The van der Waals surface area contributed by atoms with Gasteiger partial charge in [0, 0.05) is 39.7 Å². The van der Waals surface area contributed by atoms with E-state index in [4.69, 9.17) is 0 Å². The Morgan fingerprint density at radius 3 is 1.08 bits per heavy atom. The molecule has 176 valence electrons. The molecule has 0 aliphatic rings. The number of para-hydroxylation sites is 1. The van der Waals surface area contributed by atoms with Crippen LogP contribution in [-0.2, 0) is 0 Å². The average molecular weight is 469 g/mol. The quantitative estimate of drug-likeness (QED) is 0.223. The highest BCUT2D eigenvalue weighted by Gasteiger charge is 2.15. The number of nitrogens with zero attached hydrogens (tertiary/aromatic N) is 2. The third kappa shape index (κ3) is 4.91. The molecule has 0 aromatic heterocycles. The van der Waals surface area contributed by atoms with E-state index >= 15 is 0 Å². The highest BCUT2D eigenvalue weighted by molar-refractivity contribution is 5.82. The minimum absolute atomic E-state index is 0.662. The molecule has 0 aliphatic carbocycles. The van der Waals surface area contributed by atoms with Crippen LogP contribution < -0.4 is 9.80 Å². The summed E-state index contributed by atoms with van der Waals surface area (Å²) >= 11 is 0. The normalized spacial score (nSPS) is 10.6. The van der Waals surface area contributed by atoms with Gasteiger partial charge < -0.3 is 9.80 Å². The first-order valence-corrected chi connectivity index (χ1v) is 12.1. The van der Waals surface area contributed by atoms with Crippen molar-refractivity contribution in [2.24, 2.45) is 0 Å². The highest BCUT2D eigenvalue weighted by Crippen LogP contribution is 2.39. The zero-order valence-electron chi connectivity index (χ0n) is 20.5. The summed E-state index contributed by atoms with van der Waals surface area (Å²) in [5, 5.41) is 0. The minimum atomic E-state index is 0.662. The maximum absolute atomic E-state index is 11.2. The number of hydrogen-bond acceptors (Lipinski definition) is 3. The summed E-state index contributed by atoms with van der Waals surface area (Å²) in [6.07, 6.45) is 0.873. The molecule has 0 amide bonds. The summed E-state index contributed by atoms with van der Waals surface area (Å²) in [4.78, 5) is 15.7. The van der Waals surface area contributed by atoms with E-state index in [1.165, 1.54) is 11.1 Å². The SMILES string of the molecule is Cc1ccc(N(c2ccccc2)c2ccc(N(c3ccc(C)cc3)c3ccc(C=O)cc3)cc2)cc1. The number of carbonyl (C=O) groups excluding carboxylic acids is 1. The van der Waals surface area contributed by atoms with Gasteiger partial charge in [-0.2, -0.15) is 0 Å². The molecule has 0 atom stereocenters. The predicted molar refractivity (Wildman–Crippen MR) is 151 cm³/mol. The number of hydrogen-bond donors (Lipinski definition) is 0. The van der Waals surface area contributed by atoms with Crippen molar-refractivity contribution in [3.8, 4) is 0 Å². The Morgan fingerprint density at radius 1 is 0.417 bits per heavy atom. The van der Waals surface area contributed by atoms with Gasteiger partial charge >= 0.3 is 0 Å². The second-order valence-electron chi connectivity index (χ2n) is 8.90. The monoisotopic (exact) mass is 468 g/mol. The Hall–Kier alpha value is -4.63. The molecular weight excluding hydrogens is 440 g/mol. The van der Waals surface area contributed by atoms with E-state index in [9.17, 15) is 4.79 Å². The topological polar surface area (TPSA) is 23.6 Å². The van der Waals surface area contributed by atoms with E-state index in [1.807, 2.05) is 30.3 Å². The Balaban J connectivity index is 1.57. The highest BCUT2D eigenvalue weighted by atomic mass is 16.1. The third-order valence-electron chi connectivity index (χ3n) is 6.25. The molecule has 0 fully saturated rings. The smallest absolute Gasteiger partial charge is 0.150 e. The number of rotatable bonds is 7. The number of anilines is 6.